The summed E-state index contributed by atoms with van der Waals surface area (Å²) in [5, 5.41) is 2.59. The van der Waals surface area contributed by atoms with Gasteiger partial charge in [-0.2, -0.15) is 0 Å². The van der Waals surface area contributed by atoms with Crippen molar-refractivity contribution in [3.05, 3.63) is 28.2 Å². The van der Waals surface area contributed by atoms with Crippen molar-refractivity contribution in [3.8, 4) is 5.75 Å². The molecule has 0 aliphatic carbocycles. The van der Waals surface area contributed by atoms with Crippen LogP contribution in [0.5, 0.6) is 5.75 Å². The van der Waals surface area contributed by atoms with Gasteiger partial charge in [-0.05, 0) is 41.1 Å². The van der Waals surface area contributed by atoms with Crippen LogP contribution in [0.4, 0.5) is 0 Å². The molecule has 0 atom stereocenters. The van der Waals surface area contributed by atoms with E-state index < -0.39 is 0 Å². The van der Waals surface area contributed by atoms with Crippen LogP contribution in [0.15, 0.2) is 22.7 Å². The fourth-order valence-corrected chi connectivity index (χ4v) is 1.92. The summed E-state index contributed by atoms with van der Waals surface area (Å²) >= 11 is 3.31. The molecule has 1 aromatic rings. The second kappa shape index (κ2) is 7.13. The second-order valence-corrected chi connectivity index (χ2v) is 4.79. The first-order chi connectivity index (χ1) is 8.99. The Kier molecular flexibility index (Phi) is 5.82. The molecule has 104 valence electrons. The lowest BCUT2D eigenvalue weighted by Gasteiger charge is -2.14. The number of halogens is 1. The summed E-state index contributed by atoms with van der Waals surface area (Å²) in [6.45, 7) is 2.48. The van der Waals surface area contributed by atoms with Gasteiger partial charge in [0.25, 0.3) is 5.91 Å². The van der Waals surface area contributed by atoms with Gasteiger partial charge >= 0.3 is 0 Å². The number of nitrogens with zero attached hydrogens (tertiary/aromatic N) is 1. The molecule has 1 aromatic carbocycles. The van der Waals surface area contributed by atoms with Gasteiger partial charge < -0.3 is 15.0 Å². The van der Waals surface area contributed by atoms with E-state index in [2.05, 4.69) is 21.2 Å². The van der Waals surface area contributed by atoms with Gasteiger partial charge in [0.1, 0.15) is 5.75 Å². The minimum absolute atomic E-state index is 0.00712. The number of hydrogen-bond donors (Lipinski definition) is 1. The van der Waals surface area contributed by atoms with Crippen LogP contribution in [-0.2, 0) is 4.79 Å². The van der Waals surface area contributed by atoms with Crippen molar-refractivity contribution >= 4 is 27.7 Å². The Morgan fingerprint density at radius 1 is 1.42 bits per heavy atom. The van der Waals surface area contributed by atoms with Crippen molar-refractivity contribution in [1.82, 2.24) is 10.2 Å². The van der Waals surface area contributed by atoms with E-state index in [1.807, 2.05) is 6.92 Å². The van der Waals surface area contributed by atoms with Crippen LogP contribution in [-0.4, -0.2) is 44.0 Å². The van der Waals surface area contributed by atoms with E-state index in [1.165, 1.54) is 0 Å². The zero-order chi connectivity index (χ0) is 14.4. The summed E-state index contributed by atoms with van der Waals surface area (Å²) in [6.07, 6.45) is 0. The predicted octanol–water partition coefficient (Wildman–Crippen LogP) is 1.67. The third-order valence-corrected chi connectivity index (χ3v) is 3.33. The molecule has 0 heterocycles. The molecule has 0 saturated carbocycles. The Balaban J connectivity index is 2.64. The molecular weight excluding hydrogens is 312 g/mol. The lowest BCUT2D eigenvalue weighted by molar-refractivity contribution is -0.128. The monoisotopic (exact) mass is 328 g/mol. The average Bonchev–Trinajstić information content (AvgIpc) is 2.43. The van der Waals surface area contributed by atoms with Crippen LogP contribution in [0.1, 0.15) is 17.3 Å². The van der Waals surface area contributed by atoms with Crippen molar-refractivity contribution < 1.29 is 14.3 Å². The van der Waals surface area contributed by atoms with E-state index in [1.54, 1.807) is 37.3 Å². The highest BCUT2D eigenvalue weighted by molar-refractivity contribution is 9.10. The molecule has 0 saturated heterocycles. The molecule has 2 amide bonds. The van der Waals surface area contributed by atoms with Crippen molar-refractivity contribution in [2.45, 2.75) is 6.92 Å². The maximum atomic E-state index is 11.9. The molecule has 5 nitrogen and oxygen atoms in total. The molecule has 1 rings (SSSR count). The summed E-state index contributed by atoms with van der Waals surface area (Å²) in [5.74, 6) is 0.239. The Bertz CT molecular complexity index is 477. The molecule has 19 heavy (non-hydrogen) atoms. The van der Waals surface area contributed by atoms with E-state index in [0.29, 0.717) is 22.3 Å². The van der Waals surface area contributed by atoms with Gasteiger partial charge in [-0.3, -0.25) is 9.59 Å². The number of likely N-dealkylation sites (N-methyl/N-ethyl adjacent to an activating group) is 1. The first-order valence-corrected chi connectivity index (χ1v) is 6.64. The van der Waals surface area contributed by atoms with Gasteiger partial charge in [0.2, 0.25) is 5.91 Å². The van der Waals surface area contributed by atoms with Crippen LogP contribution in [0.3, 0.4) is 0 Å². The number of amides is 2. The number of nitrogens with one attached hydrogen (secondary N) is 1. The Morgan fingerprint density at radius 3 is 2.63 bits per heavy atom. The van der Waals surface area contributed by atoms with Gasteiger partial charge in [0, 0.05) is 19.2 Å². The van der Waals surface area contributed by atoms with E-state index in [-0.39, 0.29) is 18.4 Å². The van der Waals surface area contributed by atoms with Gasteiger partial charge in [0.15, 0.2) is 0 Å². The predicted molar refractivity (Wildman–Crippen MR) is 76.3 cm³/mol. The van der Waals surface area contributed by atoms with Crippen LogP contribution >= 0.6 is 15.9 Å². The lowest BCUT2D eigenvalue weighted by atomic mass is 10.2. The molecule has 0 spiro atoms. The van der Waals surface area contributed by atoms with Crippen molar-refractivity contribution in [3.63, 3.8) is 0 Å². The van der Waals surface area contributed by atoms with Crippen molar-refractivity contribution in [2.24, 2.45) is 0 Å². The molecule has 0 unspecified atom stereocenters. The number of rotatable bonds is 5. The zero-order valence-corrected chi connectivity index (χ0v) is 12.8. The average molecular weight is 329 g/mol. The first-order valence-electron chi connectivity index (χ1n) is 5.85. The van der Waals surface area contributed by atoms with Crippen LogP contribution < -0.4 is 10.1 Å². The largest absolute Gasteiger partial charge is 0.496 e. The van der Waals surface area contributed by atoms with E-state index in [0.717, 1.165) is 0 Å². The van der Waals surface area contributed by atoms with Crippen LogP contribution in [0.25, 0.3) is 0 Å². The lowest BCUT2D eigenvalue weighted by Crippen LogP contribution is -2.37. The molecule has 6 heteroatoms. The maximum Gasteiger partial charge on any atom is 0.251 e. The third-order valence-electron chi connectivity index (χ3n) is 2.71. The van der Waals surface area contributed by atoms with Crippen molar-refractivity contribution in [2.75, 3.05) is 27.2 Å². The number of methoxy groups -OCH3 is 1. The minimum Gasteiger partial charge on any atom is -0.496 e. The number of carbonyl (C=O) groups is 2. The minimum atomic E-state index is -0.291. The van der Waals surface area contributed by atoms with Crippen LogP contribution in [0.2, 0.25) is 0 Å². The summed E-state index contributed by atoms with van der Waals surface area (Å²) < 4.78 is 5.78. The van der Waals surface area contributed by atoms with Gasteiger partial charge in [-0.1, -0.05) is 0 Å². The highest BCUT2D eigenvalue weighted by Gasteiger charge is 2.11. The topological polar surface area (TPSA) is 58.6 Å². The smallest absolute Gasteiger partial charge is 0.251 e. The highest BCUT2D eigenvalue weighted by Crippen LogP contribution is 2.25. The summed E-state index contributed by atoms with van der Waals surface area (Å²) in [5.41, 5.74) is 0.472. The zero-order valence-electron chi connectivity index (χ0n) is 11.2. The SMILES string of the molecule is CCN(C)C(=O)CNC(=O)c1ccc(OC)c(Br)c1. The molecule has 0 bridgehead atoms. The molecule has 0 aliphatic heterocycles. The van der Waals surface area contributed by atoms with E-state index >= 15 is 0 Å². The van der Waals surface area contributed by atoms with Crippen molar-refractivity contribution in [1.29, 1.82) is 0 Å². The Morgan fingerprint density at radius 2 is 2.11 bits per heavy atom. The number of benzene rings is 1. The second-order valence-electron chi connectivity index (χ2n) is 3.94. The number of carbonyl (C=O) groups excluding carboxylic acids is 2. The fraction of sp³-hybridized carbons (Fsp3) is 0.385. The number of ether oxygens (including phenoxy) is 1. The highest BCUT2D eigenvalue weighted by atomic mass is 79.9. The van der Waals surface area contributed by atoms with Gasteiger partial charge in [0.05, 0.1) is 18.1 Å². The molecule has 0 aliphatic rings. The standard InChI is InChI=1S/C13H17BrN2O3/c1-4-16(2)12(17)8-15-13(18)9-5-6-11(19-3)10(14)7-9/h5-7H,4,8H2,1-3H3,(H,15,18). The Labute approximate surface area is 121 Å². The molecule has 0 radical (unpaired) electrons. The fourth-order valence-electron chi connectivity index (χ4n) is 1.38. The van der Waals surface area contributed by atoms with Gasteiger partial charge in [-0.25, -0.2) is 0 Å². The summed E-state index contributed by atoms with van der Waals surface area (Å²) in [4.78, 5) is 25.0. The summed E-state index contributed by atoms with van der Waals surface area (Å²) in [6, 6.07) is 4.99. The third kappa shape index (κ3) is 4.24. The Hall–Kier alpha value is -1.56. The maximum absolute atomic E-state index is 11.9. The quantitative estimate of drug-likeness (QED) is 0.894. The normalized spacial score (nSPS) is 9.89. The molecule has 1 N–H and O–H groups in total. The number of hydrogen-bond acceptors (Lipinski definition) is 3. The summed E-state index contributed by atoms with van der Waals surface area (Å²) in [7, 11) is 3.25. The molecular formula is C13H17BrN2O3. The molecule has 0 aromatic heterocycles. The van der Waals surface area contributed by atoms with E-state index in [9.17, 15) is 9.59 Å². The molecule has 0 fully saturated rings. The first kappa shape index (κ1) is 15.5. The van der Waals surface area contributed by atoms with Gasteiger partial charge in [-0.15, -0.1) is 0 Å². The van der Waals surface area contributed by atoms with E-state index in [4.69, 9.17) is 4.74 Å². The van der Waals surface area contributed by atoms with Crippen LogP contribution in [0, 0.1) is 0 Å².